The molecule has 16 heavy (non-hydrogen) atoms. The molecule has 0 bridgehead atoms. The van der Waals surface area contributed by atoms with Crippen molar-refractivity contribution in [3.05, 3.63) is 0 Å². The second-order valence-corrected chi connectivity index (χ2v) is 5.20. The summed E-state index contributed by atoms with van der Waals surface area (Å²) < 4.78 is 5.35. The van der Waals surface area contributed by atoms with Crippen molar-refractivity contribution < 1.29 is 4.74 Å². The van der Waals surface area contributed by atoms with Crippen LogP contribution in [0.4, 0.5) is 0 Å². The Morgan fingerprint density at radius 2 is 1.75 bits per heavy atom. The lowest BCUT2D eigenvalue weighted by atomic mass is 9.98. The first-order valence-electron chi connectivity index (χ1n) is 7.13. The van der Waals surface area contributed by atoms with Gasteiger partial charge in [0.25, 0.3) is 0 Å². The van der Waals surface area contributed by atoms with Gasteiger partial charge in [0.1, 0.15) is 0 Å². The largest absolute Gasteiger partial charge is 0.379 e. The molecule has 1 unspecified atom stereocenters. The molecule has 0 radical (unpaired) electrons. The van der Waals surface area contributed by atoms with Gasteiger partial charge in [0, 0.05) is 13.1 Å². The van der Waals surface area contributed by atoms with Gasteiger partial charge < -0.3 is 4.74 Å². The first kappa shape index (κ1) is 14.0. The molecule has 0 aromatic rings. The van der Waals surface area contributed by atoms with Gasteiger partial charge in [-0.3, -0.25) is 4.90 Å². The third kappa shape index (κ3) is 6.49. The first-order chi connectivity index (χ1) is 7.83. The minimum atomic E-state index is 0.924. The Morgan fingerprint density at radius 3 is 2.44 bits per heavy atom. The lowest BCUT2D eigenvalue weighted by Crippen LogP contribution is -2.36. The Bertz CT molecular complexity index is 155. The normalized spacial score (nSPS) is 19.9. The highest BCUT2D eigenvalue weighted by Crippen LogP contribution is 2.15. The smallest absolute Gasteiger partial charge is 0.0594 e. The highest BCUT2D eigenvalue weighted by atomic mass is 16.5. The summed E-state index contributed by atoms with van der Waals surface area (Å²) in [6, 6.07) is 0. The first-order valence-corrected chi connectivity index (χ1v) is 7.13. The predicted octanol–water partition coefficient (Wildman–Crippen LogP) is 3.32. The molecule has 2 heteroatoms. The van der Waals surface area contributed by atoms with Crippen LogP contribution >= 0.6 is 0 Å². The van der Waals surface area contributed by atoms with Crippen molar-refractivity contribution in [2.24, 2.45) is 5.92 Å². The van der Waals surface area contributed by atoms with Crippen LogP contribution in [0.25, 0.3) is 0 Å². The fourth-order valence-corrected chi connectivity index (χ4v) is 2.38. The second kappa shape index (κ2) is 9.00. The van der Waals surface area contributed by atoms with Crippen molar-refractivity contribution in [2.75, 3.05) is 32.8 Å². The van der Waals surface area contributed by atoms with Crippen LogP contribution in [0.3, 0.4) is 0 Å². The molecule has 0 aliphatic carbocycles. The van der Waals surface area contributed by atoms with E-state index in [0.717, 1.165) is 32.2 Å². The average Bonchev–Trinajstić information content (AvgIpc) is 2.31. The van der Waals surface area contributed by atoms with Crippen LogP contribution in [0.2, 0.25) is 0 Å². The van der Waals surface area contributed by atoms with Gasteiger partial charge in [-0.15, -0.1) is 0 Å². The summed E-state index contributed by atoms with van der Waals surface area (Å²) in [5.41, 5.74) is 0. The van der Waals surface area contributed by atoms with Crippen LogP contribution < -0.4 is 0 Å². The fourth-order valence-electron chi connectivity index (χ4n) is 2.38. The quantitative estimate of drug-likeness (QED) is 0.590. The van der Waals surface area contributed by atoms with Crippen molar-refractivity contribution in [2.45, 2.75) is 52.4 Å². The molecule has 0 aromatic carbocycles. The van der Waals surface area contributed by atoms with Crippen LogP contribution in [-0.2, 0) is 4.74 Å². The molecular formula is C14H29NO. The van der Waals surface area contributed by atoms with Gasteiger partial charge in [0.15, 0.2) is 0 Å². The summed E-state index contributed by atoms with van der Waals surface area (Å²) in [7, 11) is 0. The fraction of sp³-hybridized carbons (Fsp3) is 1.00. The van der Waals surface area contributed by atoms with Crippen LogP contribution in [0.1, 0.15) is 52.4 Å². The van der Waals surface area contributed by atoms with E-state index in [0.29, 0.717) is 0 Å². The number of morpholine rings is 1. The van der Waals surface area contributed by atoms with E-state index in [-0.39, 0.29) is 0 Å². The lowest BCUT2D eigenvalue weighted by molar-refractivity contribution is 0.0367. The minimum absolute atomic E-state index is 0.924. The van der Waals surface area contributed by atoms with Crippen LogP contribution in [0, 0.1) is 5.92 Å². The number of ether oxygens (including phenoxy) is 1. The number of hydrogen-bond donors (Lipinski definition) is 0. The van der Waals surface area contributed by atoms with Crippen molar-refractivity contribution in [1.29, 1.82) is 0 Å². The van der Waals surface area contributed by atoms with Gasteiger partial charge in [-0.2, -0.15) is 0 Å². The zero-order chi connectivity index (χ0) is 11.6. The van der Waals surface area contributed by atoms with Crippen LogP contribution in [0.15, 0.2) is 0 Å². The molecule has 1 saturated heterocycles. The van der Waals surface area contributed by atoms with E-state index in [2.05, 4.69) is 18.7 Å². The molecule has 1 rings (SSSR count). The summed E-state index contributed by atoms with van der Waals surface area (Å²) in [6.45, 7) is 10.1. The van der Waals surface area contributed by atoms with Gasteiger partial charge in [-0.25, -0.2) is 0 Å². The van der Waals surface area contributed by atoms with E-state index in [1.54, 1.807) is 0 Å². The van der Waals surface area contributed by atoms with Crippen LogP contribution in [-0.4, -0.2) is 37.7 Å². The number of nitrogens with zero attached hydrogens (tertiary/aromatic N) is 1. The number of rotatable bonds is 8. The van der Waals surface area contributed by atoms with E-state index >= 15 is 0 Å². The Morgan fingerprint density at radius 1 is 1.06 bits per heavy atom. The minimum Gasteiger partial charge on any atom is -0.379 e. The van der Waals surface area contributed by atoms with Crippen molar-refractivity contribution in [1.82, 2.24) is 4.90 Å². The Balaban J connectivity index is 1.92. The topological polar surface area (TPSA) is 12.5 Å². The van der Waals surface area contributed by atoms with Gasteiger partial charge in [0.2, 0.25) is 0 Å². The molecule has 1 atom stereocenters. The summed E-state index contributed by atoms with van der Waals surface area (Å²) in [6.07, 6.45) is 8.38. The van der Waals surface area contributed by atoms with Gasteiger partial charge in [-0.1, -0.05) is 39.5 Å². The summed E-state index contributed by atoms with van der Waals surface area (Å²) in [5.74, 6) is 0.924. The lowest BCUT2D eigenvalue weighted by Gasteiger charge is -2.26. The molecule has 0 spiro atoms. The molecule has 0 N–H and O–H groups in total. The molecular weight excluding hydrogens is 198 g/mol. The molecule has 0 saturated carbocycles. The second-order valence-electron chi connectivity index (χ2n) is 5.20. The van der Waals surface area contributed by atoms with E-state index in [4.69, 9.17) is 4.74 Å². The molecule has 96 valence electrons. The van der Waals surface area contributed by atoms with Gasteiger partial charge >= 0.3 is 0 Å². The Kier molecular flexibility index (Phi) is 7.87. The Hall–Kier alpha value is -0.0800. The SMILES string of the molecule is CCCCCC(C)CCCN1CCOCC1. The number of unbranched alkanes of at least 4 members (excludes halogenated alkanes) is 2. The highest BCUT2D eigenvalue weighted by molar-refractivity contribution is 4.63. The van der Waals surface area contributed by atoms with E-state index in [1.807, 2.05) is 0 Å². The predicted molar refractivity (Wildman–Crippen MR) is 69.8 cm³/mol. The van der Waals surface area contributed by atoms with Crippen LogP contribution in [0.5, 0.6) is 0 Å². The van der Waals surface area contributed by atoms with Crippen molar-refractivity contribution in [3.63, 3.8) is 0 Å². The number of hydrogen-bond acceptors (Lipinski definition) is 2. The zero-order valence-corrected chi connectivity index (χ0v) is 11.2. The maximum absolute atomic E-state index is 5.35. The summed E-state index contributed by atoms with van der Waals surface area (Å²) in [4.78, 5) is 2.54. The van der Waals surface area contributed by atoms with Crippen molar-refractivity contribution >= 4 is 0 Å². The third-order valence-electron chi connectivity index (χ3n) is 3.58. The third-order valence-corrected chi connectivity index (χ3v) is 3.58. The molecule has 2 nitrogen and oxygen atoms in total. The molecule has 1 aliphatic heterocycles. The highest BCUT2D eigenvalue weighted by Gasteiger charge is 2.10. The molecule has 1 heterocycles. The van der Waals surface area contributed by atoms with E-state index < -0.39 is 0 Å². The molecule has 1 aliphatic rings. The molecule has 0 aromatic heterocycles. The molecule has 0 amide bonds. The standard InChI is InChI=1S/C14H29NO/c1-3-4-5-7-14(2)8-6-9-15-10-12-16-13-11-15/h14H,3-13H2,1-2H3. The summed E-state index contributed by atoms with van der Waals surface area (Å²) >= 11 is 0. The zero-order valence-electron chi connectivity index (χ0n) is 11.2. The maximum Gasteiger partial charge on any atom is 0.0594 e. The molecule has 1 fully saturated rings. The summed E-state index contributed by atoms with van der Waals surface area (Å²) in [5, 5.41) is 0. The Labute approximate surface area is 101 Å². The van der Waals surface area contributed by atoms with Crippen molar-refractivity contribution in [3.8, 4) is 0 Å². The van der Waals surface area contributed by atoms with Gasteiger partial charge in [-0.05, 0) is 25.3 Å². The average molecular weight is 227 g/mol. The maximum atomic E-state index is 5.35. The van der Waals surface area contributed by atoms with E-state index in [9.17, 15) is 0 Å². The monoisotopic (exact) mass is 227 g/mol. The van der Waals surface area contributed by atoms with E-state index in [1.165, 1.54) is 45.1 Å². The van der Waals surface area contributed by atoms with Gasteiger partial charge in [0.05, 0.1) is 13.2 Å².